The topological polar surface area (TPSA) is 52.1 Å². The number of aromatic nitrogens is 2. The minimum absolute atomic E-state index is 0.0975. The second kappa shape index (κ2) is 4.20. The molecular formula is C9H11IN2O2. The molecule has 1 rings (SSSR count). The van der Waals surface area contributed by atoms with E-state index >= 15 is 0 Å². The maximum absolute atomic E-state index is 11.4. The molecule has 4 nitrogen and oxygen atoms in total. The van der Waals surface area contributed by atoms with Crippen molar-refractivity contribution in [3.63, 3.8) is 0 Å². The van der Waals surface area contributed by atoms with E-state index in [-0.39, 0.29) is 5.82 Å². The van der Waals surface area contributed by atoms with Gasteiger partial charge in [-0.2, -0.15) is 0 Å². The maximum Gasteiger partial charge on any atom is 0.376 e. The molecule has 0 aliphatic heterocycles. The highest BCUT2D eigenvalue weighted by atomic mass is 127. The summed E-state index contributed by atoms with van der Waals surface area (Å²) in [6.07, 6.45) is 3.15. The van der Waals surface area contributed by atoms with E-state index in [1.165, 1.54) is 0 Å². The van der Waals surface area contributed by atoms with Crippen molar-refractivity contribution in [2.45, 2.75) is 26.4 Å². The van der Waals surface area contributed by atoms with Crippen molar-refractivity contribution in [1.29, 1.82) is 0 Å². The fraction of sp³-hybridized carbons (Fsp3) is 0.444. The van der Waals surface area contributed by atoms with Crippen LogP contribution in [0.2, 0.25) is 0 Å². The Balaban J connectivity index is 2.76. The van der Waals surface area contributed by atoms with Crippen LogP contribution in [0.1, 0.15) is 31.4 Å². The van der Waals surface area contributed by atoms with Gasteiger partial charge in [0.1, 0.15) is 5.60 Å². The van der Waals surface area contributed by atoms with Crippen LogP contribution in [0, 0.1) is 3.57 Å². The van der Waals surface area contributed by atoms with E-state index in [0.717, 1.165) is 3.57 Å². The van der Waals surface area contributed by atoms with Crippen molar-refractivity contribution in [3.8, 4) is 0 Å². The Morgan fingerprint density at radius 1 is 1.36 bits per heavy atom. The normalized spacial score (nSPS) is 11.1. The second-order valence-corrected chi connectivity index (χ2v) is 4.97. The smallest absolute Gasteiger partial charge is 0.376 e. The fourth-order valence-electron chi connectivity index (χ4n) is 0.741. The summed E-state index contributed by atoms with van der Waals surface area (Å²) in [7, 11) is 0. The molecule has 76 valence electrons. The number of hydrogen-bond acceptors (Lipinski definition) is 4. The molecule has 0 amide bonds. The average molecular weight is 306 g/mol. The van der Waals surface area contributed by atoms with Crippen LogP contribution >= 0.6 is 22.6 Å². The Morgan fingerprint density at radius 2 is 1.86 bits per heavy atom. The highest BCUT2D eigenvalue weighted by Gasteiger charge is 2.19. The largest absolute Gasteiger partial charge is 0.454 e. The first-order valence-corrected chi connectivity index (χ1v) is 5.17. The molecule has 1 heterocycles. The number of carbonyl (C=O) groups is 1. The molecule has 0 fully saturated rings. The Labute approximate surface area is 96.2 Å². The van der Waals surface area contributed by atoms with Crippen molar-refractivity contribution in [1.82, 2.24) is 9.97 Å². The molecule has 0 aromatic carbocycles. The van der Waals surface area contributed by atoms with Gasteiger partial charge in [-0.25, -0.2) is 14.8 Å². The van der Waals surface area contributed by atoms with Gasteiger partial charge in [0.15, 0.2) is 0 Å². The number of nitrogens with zero attached hydrogens (tertiary/aromatic N) is 2. The van der Waals surface area contributed by atoms with E-state index < -0.39 is 11.6 Å². The SMILES string of the molecule is CC(C)(C)OC(=O)c1ncc(I)cn1. The van der Waals surface area contributed by atoms with Crippen LogP contribution in [-0.2, 0) is 4.74 Å². The summed E-state index contributed by atoms with van der Waals surface area (Å²) in [4.78, 5) is 19.2. The third-order valence-electron chi connectivity index (χ3n) is 1.20. The van der Waals surface area contributed by atoms with Crippen molar-refractivity contribution in [2.24, 2.45) is 0 Å². The first-order valence-electron chi connectivity index (χ1n) is 4.09. The molecule has 0 spiro atoms. The lowest BCUT2D eigenvalue weighted by atomic mass is 10.2. The second-order valence-electron chi connectivity index (χ2n) is 3.73. The van der Waals surface area contributed by atoms with E-state index in [0.29, 0.717) is 0 Å². The van der Waals surface area contributed by atoms with Gasteiger partial charge in [0.25, 0.3) is 0 Å². The molecule has 0 N–H and O–H groups in total. The van der Waals surface area contributed by atoms with Crippen LogP contribution in [-0.4, -0.2) is 21.5 Å². The monoisotopic (exact) mass is 306 g/mol. The van der Waals surface area contributed by atoms with Crippen molar-refractivity contribution < 1.29 is 9.53 Å². The van der Waals surface area contributed by atoms with Crippen molar-refractivity contribution in [3.05, 3.63) is 21.8 Å². The molecule has 14 heavy (non-hydrogen) atoms. The molecule has 1 aromatic rings. The minimum Gasteiger partial charge on any atom is -0.454 e. The zero-order valence-electron chi connectivity index (χ0n) is 8.24. The van der Waals surface area contributed by atoms with Crippen LogP contribution in [0.4, 0.5) is 0 Å². The van der Waals surface area contributed by atoms with E-state index in [2.05, 4.69) is 32.6 Å². The molecule has 0 radical (unpaired) electrons. The van der Waals surface area contributed by atoms with Crippen LogP contribution in [0.25, 0.3) is 0 Å². The van der Waals surface area contributed by atoms with Gasteiger partial charge in [0, 0.05) is 16.0 Å². The van der Waals surface area contributed by atoms with Gasteiger partial charge in [0.2, 0.25) is 5.82 Å². The molecule has 0 aliphatic carbocycles. The third kappa shape index (κ3) is 3.57. The number of hydrogen-bond donors (Lipinski definition) is 0. The summed E-state index contributed by atoms with van der Waals surface area (Å²) in [6.45, 7) is 5.41. The first kappa shape index (κ1) is 11.4. The quantitative estimate of drug-likeness (QED) is 0.588. The fourth-order valence-corrected chi connectivity index (χ4v) is 1.02. The van der Waals surface area contributed by atoms with Crippen LogP contribution in [0.5, 0.6) is 0 Å². The molecule has 0 aliphatic rings. The summed E-state index contributed by atoms with van der Waals surface area (Å²) in [5.74, 6) is -0.394. The number of ether oxygens (including phenoxy) is 1. The van der Waals surface area contributed by atoms with Gasteiger partial charge in [-0.05, 0) is 43.4 Å². The van der Waals surface area contributed by atoms with Crippen molar-refractivity contribution >= 4 is 28.6 Å². The predicted molar refractivity (Wildman–Crippen MR) is 59.9 cm³/mol. The molecule has 0 unspecified atom stereocenters. The number of halogens is 1. The maximum atomic E-state index is 11.4. The lowest BCUT2D eigenvalue weighted by molar-refractivity contribution is 0.00555. The average Bonchev–Trinajstić information content (AvgIpc) is 2.02. The summed E-state index contributed by atoms with van der Waals surface area (Å²) in [6, 6.07) is 0. The van der Waals surface area contributed by atoms with Gasteiger partial charge < -0.3 is 4.74 Å². The van der Waals surface area contributed by atoms with Gasteiger partial charge in [0.05, 0.1) is 0 Å². The summed E-state index contributed by atoms with van der Waals surface area (Å²) in [5, 5.41) is 0. The van der Waals surface area contributed by atoms with Crippen LogP contribution in [0.3, 0.4) is 0 Å². The molecule has 0 saturated carbocycles. The lowest BCUT2D eigenvalue weighted by Crippen LogP contribution is -2.25. The zero-order valence-corrected chi connectivity index (χ0v) is 10.4. The van der Waals surface area contributed by atoms with E-state index in [4.69, 9.17) is 4.74 Å². The van der Waals surface area contributed by atoms with Crippen LogP contribution in [0.15, 0.2) is 12.4 Å². The number of esters is 1. The highest BCUT2D eigenvalue weighted by molar-refractivity contribution is 14.1. The Hall–Kier alpha value is -0.720. The standard InChI is InChI=1S/C9H11IN2O2/c1-9(2,3)14-8(13)7-11-4-6(10)5-12-7/h4-5H,1-3H3. The number of carbonyl (C=O) groups excluding carboxylic acids is 1. The van der Waals surface area contributed by atoms with Gasteiger partial charge in [-0.3, -0.25) is 0 Å². The van der Waals surface area contributed by atoms with Crippen LogP contribution < -0.4 is 0 Å². The molecule has 0 atom stereocenters. The van der Waals surface area contributed by atoms with Gasteiger partial charge in [-0.1, -0.05) is 0 Å². The minimum atomic E-state index is -0.510. The first-order chi connectivity index (χ1) is 6.38. The van der Waals surface area contributed by atoms with Gasteiger partial charge >= 0.3 is 5.97 Å². The summed E-state index contributed by atoms with van der Waals surface area (Å²) in [5.41, 5.74) is -0.510. The Bertz CT molecular complexity index is 330. The molecular weight excluding hydrogens is 295 g/mol. The number of rotatable bonds is 1. The zero-order chi connectivity index (χ0) is 10.8. The lowest BCUT2D eigenvalue weighted by Gasteiger charge is -2.18. The highest BCUT2D eigenvalue weighted by Crippen LogP contribution is 2.09. The van der Waals surface area contributed by atoms with E-state index in [1.807, 2.05) is 0 Å². The third-order valence-corrected chi connectivity index (χ3v) is 1.76. The molecule has 1 aromatic heterocycles. The Kier molecular flexibility index (Phi) is 3.41. The molecule has 0 bridgehead atoms. The predicted octanol–water partition coefficient (Wildman–Crippen LogP) is 2.04. The van der Waals surface area contributed by atoms with Gasteiger partial charge in [-0.15, -0.1) is 0 Å². The molecule has 5 heteroatoms. The summed E-state index contributed by atoms with van der Waals surface area (Å²) >= 11 is 2.07. The molecule has 0 saturated heterocycles. The van der Waals surface area contributed by atoms with E-state index in [9.17, 15) is 4.79 Å². The van der Waals surface area contributed by atoms with E-state index in [1.54, 1.807) is 33.2 Å². The summed E-state index contributed by atoms with van der Waals surface area (Å²) < 4.78 is 5.98. The Morgan fingerprint density at radius 3 is 2.29 bits per heavy atom. The van der Waals surface area contributed by atoms with Crippen molar-refractivity contribution in [2.75, 3.05) is 0 Å².